The summed E-state index contributed by atoms with van der Waals surface area (Å²) in [4.78, 5) is 27.5. The van der Waals surface area contributed by atoms with Crippen molar-refractivity contribution >= 4 is 11.8 Å². The van der Waals surface area contributed by atoms with Gasteiger partial charge in [0.05, 0.1) is 13.1 Å². The molecule has 11 nitrogen and oxygen atoms in total. The Morgan fingerprint density at radius 1 is 0.895 bits per heavy atom. The lowest BCUT2D eigenvalue weighted by atomic mass is 10.5. The van der Waals surface area contributed by atoms with Gasteiger partial charge < -0.3 is 10.6 Å². The summed E-state index contributed by atoms with van der Waals surface area (Å²) in [7, 11) is 0. The molecule has 19 heavy (non-hydrogen) atoms. The van der Waals surface area contributed by atoms with E-state index in [4.69, 9.17) is 11.1 Å². The van der Waals surface area contributed by atoms with Gasteiger partial charge in [0.1, 0.15) is 0 Å². The van der Waals surface area contributed by atoms with Crippen LogP contribution in [0.3, 0.4) is 0 Å². The van der Waals surface area contributed by atoms with E-state index >= 15 is 0 Å². The fraction of sp³-hybridized carbons (Fsp3) is 0.750. The van der Waals surface area contributed by atoms with Crippen LogP contribution < -0.4 is 16.0 Å². The first kappa shape index (κ1) is 16.5. The van der Waals surface area contributed by atoms with Crippen LogP contribution in [0.1, 0.15) is 0 Å². The van der Waals surface area contributed by atoms with Gasteiger partial charge in [0.25, 0.3) is 0 Å². The minimum absolute atomic E-state index is 0.0139. The van der Waals surface area contributed by atoms with Gasteiger partial charge in [-0.1, -0.05) is 10.2 Å². The molecular weight excluding hydrogens is 254 g/mol. The minimum atomic E-state index is -0.296. The number of rotatable bonds is 10. The van der Waals surface area contributed by atoms with E-state index in [0.29, 0.717) is 0 Å². The van der Waals surface area contributed by atoms with Crippen LogP contribution in [-0.2, 0) is 9.59 Å². The largest absolute Gasteiger partial charge is 0.355 e. The monoisotopic (exact) mass is 269 g/mol. The number of hydrogen-bond acceptors (Lipinski definition) is 5. The van der Waals surface area contributed by atoms with E-state index in [9.17, 15) is 9.59 Å². The molecule has 0 aromatic rings. The predicted octanol–water partition coefficient (Wildman–Crippen LogP) is -0.571. The Morgan fingerprint density at radius 2 is 1.32 bits per heavy atom. The first-order valence-corrected chi connectivity index (χ1v) is 5.46. The molecule has 0 heterocycles. The molecule has 3 N–H and O–H groups in total. The molecule has 0 saturated carbocycles. The highest BCUT2D eigenvalue weighted by molar-refractivity contribution is 5.81. The van der Waals surface area contributed by atoms with Gasteiger partial charge in [0.2, 0.25) is 11.8 Å². The standard InChI is InChI=1S/C8H15N9O2/c9-16-14-3-1-12-7(18)5-11-6-8(19)13-2-4-15-17-10/h11H,1-6H2,(H,12,18)(H,13,19). The summed E-state index contributed by atoms with van der Waals surface area (Å²) in [5.41, 5.74) is 16.0. The summed E-state index contributed by atoms with van der Waals surface area (Å²) >= 11 is 0. The molecular formula is C8H15N9O2. The van der Waals surface area contributed by atoms with Gasteiger partial charge in [0.15, 0.2) is 0 Å². The second kappa shape index (κ2) is 12.0. The summed E-state index contributed by atoms with van der Waals surface area (Å²) < 4.78 is 0. The molecule has 0 aliphatic heterocycles. The SMILES string of the molecule is [N-]=[N+]=NCCNC(=O)CNCC(=O)NCCN=[N+]=[N-]. The Labute approximate surface area is 109 Å². The Hall–Kier alpha value is -2.48. The van der Waals surface area contributed by atoms with Crippen molar-refractivity contribution in [3.63, 3.8) is 0 Å². The third-order valence-corrected chi connectivity index (χ3v) is 1.77. The molecule has 0 spiro atoms. The summed E-state index contributed by atoms with van der Waals surface area (Å²) in [6.45, 7) is 0.843. The highest BCUT2D eigenvalue weighted by atomic mass is 16.2. The van der Waals surface area contributed by atoms with Gasteiger partial charge in [0, 0.05) is 36.0 Å². The van der Waals surface area contributed by atoms with Crippen molar-refractivity contribution in [3.8, 4) is 0 Å². The minimum Gasteiger partial charge on any atom is -0.355 e. The van der Waals surface area contributed by atoms with Crippen molar-refractivity contribution < 1.29 is 9.59 Å². The second-order valence-electron chi connectivity index (χ2n) is 3.21. The molecule has 11 heteroatoms. The topological polar surface area (TPSA) is 168 Å². The Bertz CT molecular complexity index is 348. The van der Waals surface area contributed by atoms with E-state index in [1.165, 1.54) is 0 Å². The van der Waals surface area contributed by atoms with Crippen LogP contribution in [0.15, 0.2) is 10.2 Å². The molecule has 0 unspecified atom stereocenters. The highest BCUT2D eigenvalue weighted by Gasteiger charge is 2.02. The zero-order valence-corrected chi connectivity index (χ0v) is 10.2. The van der Waals surface area contributed by atoms with E-state index in [1.54, 1.807) is 0 Å². The van der Waals surface area contributed by atoms with Gasteiger partial charge in [-0.05, 0) is 11.1 Å². The van der Waals surface area contributed by atoms with Crippen LogP contribution in [0.4, 0.5) is 0 Å². The lowest BCUT2D eigenvalue weighted by Crippen LogP contribution is -2.40. The molecule has 0 aromatic carbocycles. The first-order valence-electron chi connectivity index (χ1n) is 5.46. The zero-order chi connectivity index (χ0) is 14.3. The van der Waals surface area contributed by atoms with Crippen LogP contribution in [0, 0.1) is 0 Å². The predicted molar refractivity (Wildman–Crippen MR) is 66.9 cm³/mol. The number of carbonyl (C=O) groups is 2. The van der Waals surface area contributed by atoms with E-state index < -0.39 is 0 Å². The lowest BCUT2D eigenvalue weighted by Gasteiger charge is -2.06. The third-order valence-electron chi connectivity index (χ3n) is 1.77. The van der Waals surface area contributed by atoms with Crippen molar-refractivity contribution in [3.05, 3.63) is 20.9 Å². The third kappa shape index (κ3) is 11.8. The van der Waals surface area contributed by atoms with Crippen LogP contribution in [0.25, 0.3) is 20.9 Å². The molecule has 0 aromatic heterocycles. The Kier molecular flexibility index (Phi) is 10.4. The highest BCUT2D eigenvalue weighted by Crippen LogP contribution is 1.72. The average Bonchev–Trinajstić information content (AvgIpc) is 2.40. The molecule has 2 amide bonds. The molecule has 0 fully saturated rings. The number of nitrogens with zero attached hydrogens (tertiary/aromatic N) is 6. The molecule has 0 saturated heterocycles. The molecule has 0 rings (SSSR count). The van der Waals surface area contributed by atoms with Crippen LogP contribution in [0.5, 0.6) is 0 Å². The van der Waals surface area contributed by atoms with E-state index in [-0.39, 0.29) is 51.1 Å². The summed E-state index contributed by atoms with van der Waals surface area (Å²) in [6.07, 6.45) is 0. The van der Waals surface area contributed by atoms with Gasteiger partial charge >= 0.3 is 0 Å². The molecule has 0 aliphatic carbocycles. The maximum Gasteiger partial charge on any atom is 0.233 e. The van der Waals surface area contributed by atoms with Crippen LogP contribution in [0.2, 0.25) is 0 Å². The van der Waals surface area contributed by atoms with Gasteiger partial charge in [-0.3, -0.25) is 14.9 Å². The molecule has 0 atom stereocenters. The summed E-state index contributed by atoms with van der Waals surface area (Å²) in [5, 5.41) is 14.1. The first-order chi connectivity index (χ1) is 9.20. The molecule has 0 bridgehead atoms. The van der Waals surface area contributed by atoms with Gasteiger partial charge in [-0.25, -0.2) is 0 Å². The van der Waals surface area contributed by atoms with Crippen LogP contribution >= 0.6 is 0 Å². The van der Waals surface area contributed by atoms with Crippen molar-refractivity contribution in [1.82, 2.24) is 16.0 Å². The Morgan fingerprint density at radius 3 is 1.68 bits per heavy atom. The number of hydrogen-bond donors (Lipinski definition) is 3. The lowest BCUT2D eigenvalue weighted by molar-refractivity contribution is -0.121. The van der Waals surface area contributed by atoms with Crippen molar-refractivity contribution in [2.45, 2.75) is 0 Å². The quantitative estimate of drug-likeness (QED) is 0.209. The van der Waals surface area contributed by atoms with E-state index in [1.807, 2.05) is 0 Å². The fourth-order valence-electron chi connectivity index (χ4n) is 0.995. The maximum atomic E-state index is 11.2. The Balaban J connectivity index is 3.50. The van der Waals surface area contributed by atoms with Crippen molar-refractivity contribution in [1.29, 1.82) is 0 Å². The fourth-order valence-corrected chi connectivity index (χ4v) is 0.995. The van der Waals surface area contributed by atoms with Gasteiger partial charge in [-0.15, -0.1) is 0 Å². The summed E-state index contributed by atoms with van der Waals surface area (Å²) in [6, 6.07) is 0. The molecule has 0 radical (unpaired) electrons. The normalized spacial score (nSPS) is 8.84. The average molecular weight is 269 g/mol. The summed E-state index contributed by atoms with van der Waals surface area (Å²) in [5.74, 6) is -0.593. The smallest absolute Gasteiger partial charge is 0.233 e. The number of amides is 2. The van der Waals surface area contributed by atoms with Crippen molar-refractivity contribution in [2.24, 2.45) is 10.2 Å². The molecule has 104 valence electrons. The number of azide groups is 2. The maximum absolute atomic E-state index is 11.2. The van der Waals surface area contributed by atoms with Crippen LogP contribution in [-0.4, -0.2) is 51.1 Å². The van der Waals surface area contributed by atoms with Gasteiger partial charge in [-0.2, -0.15) is 0 Å². The number of nitrogens with one attached hydrogen (secondary N) is 3. The van der Waals surface area contributed by atoms with E-state index in [0.717, 1.165) is 0 Å². The zero-order valence-electron chi connectivity index (χ0n) is 10.2. The number of carbonyl (C=O) groups excluding carboxylic acids is 2. The molecule has 0 aliphatic rings. The second-order valence-corrected chi connectivity index (χ2v) is 3.21. The van der Waals surface area contributed by atoms with Crippen molar-refractivity contribution in [2.75, 3.05) is 39.3 Å². The van der Waals surface area contributed by atoms with E-state index in [2.05, 4.69) is 36.0 Å².